The molecule has 1 saturated carbocycles. The summed E-state index contributed by atoms with van der Waals surface area (Å²) in [5.41, 5.74) is 1.69. The van der Waals surface area contributed by atoms with Crippen molar-refractivity contribution in [3.8, 4) is 0 Å². The van der Waals surface area contributed by atoms with Gasteiger partial charge in [0, 0.05) is 19.2 Å². The second kappa shape index (κ2) is 6.02. The summed E-state index contributed by atoms with van der Waals surface area (Å²) in [6.45, 7) is 0. The second-order valence-corrected chi connectivity index (χ2v) is 6.84. The number of rotatable bonds is 4. The predicted octanol–water partition coefficient (Wildman–Crippen LogP) is 3.51. The normalized spacial score (nSPS) is 15.7. The van der Waals surface area contributed by atoms with Gasteiger partial charge in [0.25, 0.3) is 0 Å². The zero-order chi connectivity index (χ0) is 14.8. The minimum absolute atomic E-state index is 0.0229. The van der Waals surface area contributed by atoms with E-state index in [9.17, 15) is 9.59 Å². The van der Waals surface area contributed by atoms with Gasteiger partial charge >= 0.3 is 4.87 Å². The molecule has 1 heterocycles. The van der Waals surface area contributed by atoms with E-state index in [-0.39, 0.29) is 10.8 Å². The van der Waals surface area contributed by atoms with E-state index < -0.39 is 0 Å². The molecule has 1 fully saturated rings. The molecule has 0 atom stereocenters. The first-order valence-electron chi connectivity index (χ1n) is 7.53. The molecule has 0 spiro atoms. The molecule has 4 nitrogen and oxygen atoms in total. The first kappa shape index (κ1) is 14.3. The lowest BCUT2D eigenvalue weighted by Crippen LogP contribution is -2.12. The minimum atomic E-state index is 0.0229. The zero-order valence-electron chi connectivity index (χ0n) is 12.2. The first-order chi connectivity index (χ1) is 10.1. The van der Waals surface area contributed by atoms with Gasteiger partial charge in [-0.25, -0.2) is 0 Å². The molecular formula is C16H20N2O2S. The summed E-state index contributed by atoms with van der Waals surface area (Å²) in [7, 11) is 1.76. The van der Waals surface area contributed by atoms with Crippen LogP contribution < -0.4 is 10.2 Å². The fraction of sp³-hybridized carbons (Fsp3) is 0.500. The summed E-state index contributed by atoms with van der Waals surface area (Å²) in [5.74, 6) is 0.808. The average molecular weight is 304 g/mol. The van der Waals surface area contributed by atoms with Gasteiger partial charge in [0.05, 0.1) is 10.2 Å². The molecule has 1 aromatic heterocycles. The second-order valence-electron chi connectivity index (χ2n) is 5.85. The van der Waals surface area contributed by atoms with Gasteiger partial charge in [-0.05, 0) is 30.5 Å². The minimum Gasteiger partial charge on any atom is -0.326 e. The summed E-state index contributed by atoms with van der Waals surface area (Å²) < 4.78 is 2.54. The third-order valence-corrected chi connectivity index (χ3v) is 5.33. The summed E-state index contributed by atoms with van der Waals surface area (Å²) in [6.07, 6.45) is 6.76. The molecule has 1 aliphatic rings. The topological polar surface area (TPSA) is 51.1 Å². The van der Waals surface area contributed by atoms with E-state index in [0.717, 1.165) is 28.2 Å². The predicted molar refractivity (Wildman–Crippen MR) is 86.9 cm³/mol. The number of carbonyl (C=O) groups excluding carboxylic acids is 1. The van der Waals surface area contributed by atoms with Crippen molar-refractivity contribution in [1.82, 2.24) is 4.57 Å². The molecule has 0 aliphatic heterocycles. The van der Waals surface area contributed by atoms with Crippen LogP contribution in [0.25, 0.3) is 10.2 Å². The number of anilines is 1. The summed E-state index contributed by atoms with van der Waals surface area (Å²) in [5, 5.41) is 2.94. The van der Waals surface area contributed by atoms with Crippen LogP contribution in [-0.2, 0) is 11.8 Å². The van der Waals surface area contributed by atoms with Crippen LogP contribution in [0.3, 0.4) is 0 Å². The van der Waals surface area contributed by atoms with E-state index in [2.05, 4.69) is 5.32 Å². The molecule has 3 rings (SSSR count). The lowest BCUT2D eigenvalue weighted by Gasteiger charge is -2.09. The van der Waals surface area contributed by atoms with Crippen molar-refractivity contribution in [1.29, 1.82) is 0 Å². The monoisotopic (exact) mass is 304 g/mol. The van der Waals surface area contributed by atoms with Crippen molar-refractivity contribution in [2.75, 3.05) is 5.32 Å². The molecule has 0 radical (unpaired) electrons. The van der Waals surface area contributed by atoms with Crippen LogP contribution in [-0.4, -0.2) is 10.5 Å². The van der Waals surface area contributed by atoms with Crippen molar-refractivity contribution in [3.05, 3.63) is 27.9 Å². The van der Waals surface area contributed by atoms with Crippen LogP contribution in [0.15, 0.2) is 23.0 Å². The maximum atomic E-state index is 12.0. The number of nitrogens with one attached hydrogen (secondary N) is 1. The first-order valence-corrected chi connectivity index (χ1v) is 8.34. The van der Waals surface area contributed by atoms with Gasteiger partial charge in [0.15, 0.2) is 0 Å². The third-order valence-electron chi connectivity index (χ3n) is 4.33. The van der Waals surface area contributed by atoms with E-state index in [1.165, 1.54) is 37.0 Å². The van der Waals surface area contributed by atoms with Crippen LogP contribution in [0.1, 0.15) is 38.5 Å². The Bertz CT molecular complexity index is 711. The van der Waals surface area contributed by atoms with Crippen molar-refractivity contribution in [2.24, 2.45) is 13.0 Å². The molecule has 21 heavy (non-hydrogen) atoms. The van der Waals surface area contributed by atoms with Crippen molar-refractivity contribution in [2.45, 2.75) is 38.5 Å². The Labute approximate surface area is 127 Å². The van der Waals surface area contributed by atoms with Crippen molar-refractivity contribution >= 4 is 33.1 Å². The van der Waals surface area contributed by atoms with Gasteiger partial charge < -0.3 is 9.88 Å². The van der Waals surface area contributed by atoms with Crippen LogP contribution in [0, 0.1) is 5.92 Å². The highest BCUT2D eigenvalue weighted by molar-refractivity contribution is 7.16. The maximum Gasteiger partial charge on any atom is 0.307 e. The Morgan fingerprint density at radius 1 is 1.38 bits per heavy atom. The van der Waals surface area contributed by atoms with Gasteiger partial charge in [-0.3, -0.25) is 9.59 Å². The number of benzene rings is 1. The molecule has 5 heteroatoms. The Morgan fingerprint density at radius 2 is 2.14 bits per heavy atom. The molecular weight excluding hydrogens is 284 g/mol. The molecule has 1 N–H and O–H groups in total. The zero-order valence-corrected chi connectivity index (χ0v) is 13.0. The van der Waals surface area contributed by atoms with E-state index in [1.807, 2.05) is 18.2 Å². The number of fused-ring (bicyclic) bond motifs is 1. The quantitative estimate of drug-likeness (QED) is 0.939. The SMILES string of the molecule is Cn1c(=O)sc2cc(NC(=O)CCC3CCCC3)ccc21. The third kappa shape index (κ3) is 3.18. The lowest BCUT2D eigenvalue weighted by atomic mass is 10.0. The van der Waals surface area contributed by atoms with Gasteiger partial charge in [0.1, 0.15) is 0 Å². The number of hydrogen-bond acceptors (Lipinski definition) is 3. The molecule has 112 valence electrons. The smallest absolute Gasteiger partial charge is 0.307 e. The number of nitrogens with zero attached hydrogens (tertiary/aromatic N) is 1. The summed E-state index contributed by atoms with van der Waals surface area (Å²) in [4.78, 5) is 23.6. The lowest BCUT2D eigenvalue weighted by molar-refractivity contribution is -0.116. The van der Waals surface area contributed by atoms with Gasteiger partial charge in [0.2, 0.25) is 5.91 Å². The molecule has 0 bridgehead atoms. The Balaban J connectivity index is 1.64. The van der Waals surface area contributed by atoms with Crippen molar-refractivity contribution in [3.63, 3.8) is 0 Å². The van der Waals surface area contributed by atoms with E-state index in [1.54, 1.807) is 11.6 Å². The van der Waals surface area contributed by atoms with Crippen LogP contribution in [0.5, 0.6) is 0 Å². The summed E-state index contributed by atoms with van der Waals surface area (Å²) in [6, 6.07) is 5.64. The van der Waals surface area contributed by atoms with Crippen LogP contribution in [0.2, 0.25) is 0 Å². The number of aryl methyl sites for hydroxylation is 1. The Morgan fingerprint density at radius 3 is 2.90 bits per heavy atom. The van der Waals surface area contributed by atoms with E-state index in [0.29, 0.717) is 6.42 Å². The standard InChI is InChI=1S/C16H20N2O2S/c1-18-13-8-7-12(10-14(13)21-16(18)20)17-15(19)9-6-11-4-2-3-5-11/h7-8,10-11H,2-6,9H2,1H3,(H,17,19). The largest absolute Gasteiger partial charge is 0.326 e. The molecule has 2 aromatic rings. The number of thiazole rings is 1. The highest BCUT2D eigenvalue weighted by atomic mass is 32.1. The van der Waals surface area contributed by atoms with E-state index >= 15 is 0 Å². The molecule has 1 aliphatic carbocycles. The molecule has 0 saturated heterocycles. The molecule has 0 unspecified atom stereocenters. The van der Waals surface area contributed by atoms with Crippen molar-refractivity contribution < 1.29 is 4.79 Å². The highest BCUT2D eigenvalue weighted by Gasteiger charge is 2.16. The summed E-state index contributed by atoms with van der Waals surface area (Å²) >= 11 is 1.21. The fourth-order valence-electron chi connectivity index (χ4n) is 3.07. The Hall–Kier alpha value is -1.62. The van der Waals surface area contributed by atoms with Crippen LogP contribution in [0.4, 0.5) is 5.69 Å². The molecule has 1 aromatic carbocycles. The fourth-order valence-corrected chi connectivity index (χ4v) is 3.99. The Kier molecular flexibility index (Phi) is 4.10. The average Bonchev–Trinajstić information content (AvgIpc) is 3.06. The number of amides is 1. The highest BCUT2D eigenvalue weighted by Crippen LogP contribution is 2.28. The van der Waals surface area contributed by atoms with Gasteiger partial charge in [-0.2, -0.15) is 0 Å². The number of aromatic nitrogens is 1. The maximum absolute atomic E-state index is 12.0. The molecule has 1 amide bonds. The van der Waals surface area contributed by atoms with E-state index in [4.69, 9.17) is 0 Å². The van der Waals surface area contributed by atoms with Gasteiger partial charge in [-0.15, -0.1) is 0 Å². The van der Waals surface area contributed by atoms with Gasteiger partial charge in [-0.1, -0.05) is 37.0 Å². The number of carbonyl (C=O) groups is 1. The van der Waals surface area contributed by atoms with Crippen LogP contribution >= 0.6 is 11.3 Å². The number of hydrogen-bond donors (Lipinski definition) is 1.